The summed E-state index contributed by atoms with van der Waals surface area (Å²) >= 11 is 0. The van der Waals surface area contributed by atoms with Crippen molar-refractivity contribution in [2.45, 2.75) is 25.4 Å². The van der Waals surface area contributed by atoms with Gasteiger partial charge < -0.3 is 16.0 Å². The molecule has 1 aromatic rings. The first-order valence-electron chi connectivity index (χ1n) is 6.50. The molecule has 1 unspecified atom stereocenters. The summed E-state index contributed by atoms with van der Waals surface area (Å²) in [4.78, 5) is 22.4. The average molecular weight is 261 g/mol. The van der Waals surface area contributed by atoms with Crippen LogP contribution in [0.3, 0.4) is 0 Å². The third-order valence-electron chi connectivity index (χ3n) is 3.30. The lowest BCUT2D eigenvalue weighted by molar-refractivity contribution is -0.122. The van der Waals surface area contributed by atoms with Crippen molar-refractivity contribution in [3.63, 3.8) is 0 Å². The van der Waals surface area contributed by atoms with E-state index in [2.05, 4.69) is 16.0 Å². The van der Waals surface area contributed by atoms with Crippen LogP contribution in [0.25, 0.3) is 0 Å². The summed E-state index contributed by atoms with van der Waals surface area (Å²) in [6, 6.07) is 7.85. The second kappa shape index (κ2) is 6.33. The largest absolute Gasteiger partial charge is 0.355 e. The van der Waals surface area contributed by atoms with Gasteiger partial charge in [0.25, 0.3) is 5.91 Å². The van der Waals surface area contributed by atoms with Crippen LogP contribution < -0.4 is 16.0 Å². The van der Waals surface area contributed by atoms with E-state index in [0.29, 0.717) is 24.6 Å². The van der Waals surface area contributed by atoms with Crippen molar-refractivity contribution in [2.24, 2.45) is 0 Å². The lowest BCUT2D eigenvalue weighted by Crippen LogP contribution is -2.45. The van der Waals surface area contributed by atoms with Crippen LogP contribution in [-0.2, 0) is 11.3 Å². The van der Waals surface area contributed by atoms with Crippen LogP contribution in [0.15, 0.2) is 24.3 Å². The molecule has 5 heteroatoms. The number of hydrogen-bond acceptors (Lipinski definition) is 3. The third-order valence-corrected chi connectivity index (χ3v) is 3.30. The van der Waals surface area contributed by atoms with Crippen LogP contribution in [-0.4, -0.2) is 31.4 Å². The maximum absolute atomic E-state index is 11.4. The lowest BCUT2D eigenvalue weighted by atomic mass is 10.1. The van der Waals surface area contributed by atoms with Crippen LogP contribution >= 0.6 is 0 Å². The molecule has 2 rings (SSSR count). The maximum Gasteiger partial charge on any atom is 0.251 e. The van der Waals surface area contributed by atoms with Crippen molar-refractivity contribution in [2.75, 3.05) is 13.6 Å². The molecule has 1 aromatic carbocycles. The standard InChI is InChI=1S/C14H19N3O2/c1-15-14(19)11-4-2-10(3-5-11)8-16-12-6-7-13(18)17-9-12/h2-5,12,16H,6-9H2,1H3,(H,15,19)(H,17,18). The number of rotatable bonds is 4. The summed E-state index contributed by atoms with van der Waals surface area (Å²) in [7, 11) is 1.62. The molecule has 1 atom stereocenters. The number of benzene rings is 1. The normalized spacial score (nSPS) is 18.8. The van der Waals surface area contributed by atoms with Crippen LogP contribution in [0.1, 0.15) is 28.8 Å². The van der Waals surface area contributed by atoms with E-state index in [9.17, 15) is 9.59 Å². The Bertz CT molecular complexity index is 446. The average Bonchev–Trinajstić information content (AvgIpc) is 2.46. The fraction of sp³-hybridized carbons (Fsp3) is 0.429. The summed E-state index contributed by atoms with van der Waals surface area (Å²) < 4.78 is 0. The van der Waals surface area contributed by atoms with Gasteiger partial charge in [0.15, 0.2) is 0 Å². The molecule has 2 amide bonds. The topological polar surface area (TPSA) is 70.2 Å². The van der Waals surface area contributed by atoms with Gasteiger partial charge >= 0.3 is 0 Å². The minimum atomic E-state index is -0.0745. The van der Waals surface area contributed by atoms with E-state index in [1.807, 2.05) is 24.3 Å². The van der Waals surface area contributed by atoms with Crippen LogP contribution in [0.4, 0.5) is 0 Å². The Morgan fingerprint density at radius 1 is 1.37 bits per heavy atom. The molecule has 19 heavy (non-hydrogen) atoms. The van der Waals surface area contributed by atoms with Crippen molar-refractivity contribution < 1.29 is 9.59 Å². The van der Waals surface area contributed by atoms with Gasteiger partial charge in [-0.2, -0.15) is 0 Å². The van der Waals surface area contributed by atoms with Crippen molar-refractivity contribution in [3.8, 4) is 0 Å². The minimum Gasteiger partial charge on any atom is -0.355 e. The summed E-state index contributed by atoms with van der Waals surface area (Å²) in [5, 5.41) is 8.85. The molecular weight excluding hydrogens is 242 g/mol. The number of piperidine rings is 1. The quantitative estimate of drug-likeness (QED) is 0.735. The van der Waals surface area contributed by atoms with Gasteiger partial charge in [-0.1, -0.05) is 12.1 Å². The lowest BCUT2D eigenvalue weighted by Gasteiger charge is -2.23. The number of carbonyl (C=O) groups is 2. The van der Waals surface area contributed by atoms with E-state index in [4.69, 9.17) is 0 Å². The minimum absolute atomic E-state index is 0.0745. The van der Waals surface area contributed by atoms with Crippen molar-refractivity contribution in [1.82, 2.24) is 16.0 Å². The Labute approximate surface area is 112 Å². The molecule has 0 aromatic heterocycles. The Kier molecular flexibility index (Phi) is 4.52. The highest BCUT2D eigenvalue weighted by Gasteiger charge is 2.16. The zero-order chi connectivity index (χ0) is 13.7. The van der Waals surface area contributed by atoms with Crippen molar-refractivity contribution >= 4 is 11.8 Å². The molecule has 0 bridgehead atoms. The van der Waals surface area contributed by atoms with Crippen LogP contribution in [0, 0.1) is 0 Å². The van der Waals surface area contributed by atoms with E-state index in [-0.39, 0.29) is 11.8 Å². The van der Waals surface area contributed by atoms with E-state index >= 15 is 0 Å². The number of amides is 2. The van der Waals surface area contributed by atoms with E-state index in [0.717, 1.165) is 18.5 Å². The summed E-state index contributed by atoms with van der Waals surface area (Å²) in [5.41, 5.74) is 1.79. The summed E-state index contributed by atoms with van der Waals surface area (Å²) in [6.45, 7) is 1.43. The fourth-order valence-corrected chi connectivity index (χ4v) is 2.09. The number of carbonyl (C=O) groups excluding carboxylic acids is 2. The molecule has 0 saturated carbocycles. The molecule has 1 heterocycles. The highest BCUT2D eigenvalue weighted by atomic mass is 16.2. The Morgan fingerprint density at radius 2 is 2.11 bits per heavy atom. The maximum atomic E-state index is 11.4. The smallest absolute Gasteiger partial charge is 0.251 e. The third kappa shape index (κ3) is 3.79. The van der Waals surface area contributed by atoms with Gasteiger partial charge in [-0.25, -0.2) is 0 Å². The molecule has 3 N–H and O–H groups in total. The first-order valence-corrected chi connectivity index (χ1v) is 6.50. The Morgan fingerprint density at radius 3 is 2.68 bits per heavy atom. The van der Waals surface area contributed by atoms with E-state index in [1.165, 1.54) is 0 Å². The Hall–Kier alpha value is -1.88. The van der Waals surface area contributed by atoms with Gasteiger partial charge in [0.1, 0.15) is 0 Å². The Balaban J connectivity index is 1.83. The summed E-state index contributed by atoms with van der Waals surface area (Å²) in [6.07, 6.45) is 1.47. The highest BCUT2D eigenvalue weighted by Crippen LogP contribution is 2.07. The second-order valence-electron chi connectivity index (χ2n) is 4.70. The summed E-state index contributed by atoms with van der Waals surface area (Å²) in [5.74, 6) is 0.0579. The second-order valence-corrected chi connectivity index (χ2v) is 4.70. The molecular formula is C14H19N3O2. The molecule has 1 fully saturated rings. The SMILES string of the molecule is CNC(=O)c1ccc(CNC2CCC(=O)NC2)cc1. The predicted molar refractivity (Wildman–Crippen MR) is 72.7 cm³/mol. The van der Waals surface area contributed by atoms with Gasteiger partial charge in [0.2, 0.25) is 5.91 Å². The first-order chi connectivity index (χ1) is 9.19. The first kappa shape index (κ1) is 13.5. The molecule has 5 nitrogen and oxygen atoms in total. The van der Waals surface area contributed by atoms with Gasteiger partial charge in [-0.05, 0) is 24.1 Å². The zero-order valence-electron chi connectivity index (χ0n) is 11.0. The zero-order valence-corrected chi connectivity index (χ0v) is 11.0. The molecule has 0 spiro atoms. The predicted octanol–water partition coefficient (Wildman–Crippen LogP) is 0.414. The number of hydrogen-bond donors (Lipinski definition) is 3. The molecule has 102 valence electrons. The van der Waals surface area contributed by atoms with Gasteiger partial charge in [0.05, 0.1) is 0 Å². The molecule has 0 radical (unpaired) electrons. The molecule has 0 aliphatic carbocycles. The molecule has 1 saturated heterocycles. The van der Waals surface area contributed by atoms with Crippen LogP contribution in [0.5, 0.6) is 0 Å². The molecule has 1 aliphatic rings. The fourth-order valence-electron chi connectivity index (χ4n) is 2.09. The monoisotopic (exact) mass is 261 g/mol. The van der Waals surface area contributed by atoms with Crippen LogP contribution in [0.2, 0.25) is 0 Å². The van der Waals surface area contributed by atoms with Crippen molar-refractivity contribution in [1.29, 1.82) is 0 Å². The van der Waals surface area contributed by atoms with Gasteiger partial charge in [-0.3, -0.25) is 9.59 Å². The van der Waals surface area contributed by atoms with Gasteiger partial charge in [0, 0.05) is 38.2 Å². The highest BCUT2D eigenvalue weighted by molar-refractivity contribution is 5.93. The van der Waals surface area contributed by atoms with E-state index < -0.39 is 0 Å². The van der Waals surface area contributed by atoms with Crippen molar-refractivity contribution in [3.05, 3.63) is 35.4 Å². The van der Waals surface area contributed by atoms with Gasteiger partial charge in [-0.15, -0.1) is 0 Å². The number of nitrogens with one attached hydrogen (secondary N) is 3. The molecule has 1 aliphatic heterocycles. The van der Waals surface area contributed by atoms with E-state index in [1.54, 1.807) is 7.05 Å².